The standard InChI is InChI=1S/C18H23ClN6O3/c1-28-17(27)12-4-8-25(9-5-12)16(26)11-2-6-24(7-3-11)15-13-14(21-10-20-13)22-18(19)23-15/h10-12H,2-9H2,1H3,(H,20,21,22,23). The number of likely N-dealkylation sites (tertiary alicyclic amines) is 1. The lowest BCUT2D eigenvalue weighted by Crippen LogP contribution is -2.46. The zero-order chi connectivity index (χ0) is 19.7. The second kappa shape index (κ2) is 7.90. The largest absolute Gasteiger partial charge is 0.469 e. The minimum absolute atomic E-state index is 0.000457. The molecule has 0 saturated carbocycles. The summed E-state index contributed by atoms with van der Waals surface area (Å²) in [6.07, 6.45) is 4.44. The molecular weight excluding hydrogens is 384 g/mol. The molecule has 1 N–H and O–H groups in total. The molecular formula is C18H23ClN6O3. The van der Waals surface area contributed by atoms with E-state index in [2.05, 4.69) is 24.8 Å². The predicted molar refractivity (Wildman–Crippen MR) is 103 cm³/mol. The average molecular weight is 407 g/mol. The number of halogens is 1. The van der Waals surface area contributed by atoms with Gasteiger partial charge in [-0.1, -0.05) is 0 Å². The lowest BCUT2D eigenvalue weighted by molar-refractivity contribution is -0.149. The summed E-state index contributed by atoms with van der Waals surface area (Å²) in [6, 6.07) is 0. The average Bonchev–Trinajstić information content (AvgIpc) is 3.20. The van der Waals surface area contributed by atoms with Crippen molar-refractivity contribution in [3.8, 4) is 0 Å². The van der Waals surface area contributed by atoms with Gasteiger partial charge >= 0.3 is 5.97 Å². The van der Waals surface area contributed by atoms with Gasteiger partial charge in [-0.2, -0.15) is 9.97 Å². The summed E-state index contributed by atoms with van der Waals surface area (Å²) < 4.78 is 4.81. The molecule has 0 aromatic carbocycles. The van der Waals surface area contributed by atoms with Gasteiger partial charge in [-0.25, -0.2) is 4.98 Å². The molecule has 0 aliphatic carbocycles. The number of hydrogen-bond donors (Lipinski definition) is 1. The zero-order valence-electron chi connectivity index (χ0n) is 15.7. The maximum Gasteiger partial charge on any atom is 0.308 e. The maximum atomic E-state index is 12.9. The number of rotatable bonds is 3. The number of aromatic nitrogens is 4. The first kappa shape index (κ1) is 18.9. The summed E-state index contributed by atoms with van der Waals surface area (Å²) in [7, 11) is 1.41. The number of aromatic amines is 1. The molecule has 10 heteroatoms. The number of imidazole rings is 1. The summed E-state index contributed by atoms with van der Waals surface area (Å²) in [5.74, 6) is 0.664. The van der Waals surface area contributed by atoms with Gasteiger partial charge in [0, 0.05) is 32.1 Å². The number of hydrogen-bond acceptors (Lipinski definition) is 7. The molecule has 0 atom stereocenters. The Bertz CT molecular complexity index is 871. The third-order valence-corrected chi connectivity index (χ3v) is 5.89. The van der Waals surface area contributed by atoms with Crippen LogP contribution in [0.2, 0.25) is 5.28 Å². The first-order valence-electron chi connectivity index (χ1n) is 9.55. The first-order chi connectivity index (χ1) is 13.6. The minimum Gasteiger partial charge on any atom is -0.469 e. The number of nitrogens with zero attached hydrogens (tertiary/aromatic N) is 5. The zero-order valence-corrected chi connectivity index (χ0v) is 16.5. The lowest BCUT2D eigenvalue weighted by Gasteiger charge is -2.37. The van der Waals surface area contributed by atoms with Crippen LogP contribution in [0, 0.1) is 11.8 Å². The van der Waals surface area contributed by atoms with Crippen LogP contribution in [-0.4, -0.2) is 70.0 Å². The molecule has 0 spiro atoms. The normalized spacial score (nSPS) is 19.2. The van der Waals surface area contributed by atoms with Crippen molar-refractivity contribution in [2.45, 2.75) is 25.7 Å². The number of H-pyrrole nitrogens is 1. The smallest absolute Gasteiger partial charge is 0.308 e. The number of carbonyl (C=O) groups excluding carboxylic acids is 2. The van der Waals surface area contributed by atoms with Gasteiger partial charge in [-0.3, -0.25) is 9.59 Å². The molecule has 9 nitrogen and oxygen atoms in total. The van der Waals surface area contributed by atoms with E-state index in [0.717, 1.165) is 37.3 Å². The van der Waals surface area contributed by atoms with E-state index in [1.165, 1.54) is 7.11 Å². The van der Waals surface area contributed by atoms with Crippen molar-refractivity contribution in [2.24, 2.45) is 11.8 Å². The molecule has 0 unspecified atom stereocenters. The van der Waals surface area contributed by atoms with Gasteiger partial charge in [0.05, 0.1) is 19.4 Å². The van der Waals surface area contributed by atoms with E-state index in [4.69, 9.17) is 16.3 Å². The highest BCUT2D eigenvalue weighted by Gasteiger charge is 2.33. The number of amides is 1. The SMILES string of the molecule is COC(=O)C1CCN(C(=O)C2CCN(c3nc(Cl)nc4nc[nH]c34)CC2)CC1. The first-order valence-corrected chi connectivity index (χ1v) is 9.92. The summed E-state index contributed by atoms with van der Waals surface area (Å²) in [6.45, 7) is 2.68. The number of anilines is 1. The summed E-state index contributed by atoms with van der Waals surface area (Å²) in [5, 5.41) is 0.168. The van der Waals surface area contributed by atoms with Gasteiger partial charge in [0.25, 0.3) is 0 Å². The third-order valence-electron chi connectivity index (χ3n) is 5.72. The second-order valence-electron chi connectivity index (χ2n) is 7.30. The lowest BCUT2D eigenvalue weighted by atomic mass is 9.92. The fraction of sp³-hybridized carbons (Fsp3) is 0.611. The molecule has 28 heavy (non-hydrogen) atoms. The Morgan fingerprint density at radius 1 is 1.11 bits per heavy atom. The molecule has 2 fully saturated rings. The highest BCUT2D eigenvalue weighted by Crippen LogP contribution is 2.29. The van der Waals surface area contributed by atoms with Crippen LogP contribution in [0.15, 0.2) is 6.33 Å². The van der Waals surface area contributed by atoms with E-state index in [0.29, 0.717) is 31.6 Å². The Balaban J connectivity index is 1.36. The van der Waals surface area contributed by atoms with Gasteiger partial charge < -0.3 is 19.5 Å². The van der Waals surface area contributed by atoms with Crippen LogP contribution >= 0.6 is 11.6 Å². The summed E-state index contributed by atoms with van der Waals surface area (Å²) in [5.41, 5.74) is 1.31. The summed E-state index contributed by atoms with van der Waals surface area (Å²) in [4.78, 5) is 44.3. The molecule has 2 saturated heterocycles. The van der Waals surface area contributed by atoms with Gasteiger partial charge in [0.2, 0.25) is 11.2 Å². The van der Waals surface area contributed by atoms with Gasteiger partial charge in [0.15, 0.2) is 11.5 Å². The molecule has 150 valence electrons. The third kappa shape index (κ3) is 3.63. The number of piperidine rings is 2. The Morgan fingerprint density at radius 3 is 2.46 bits per heavy atom. The molecule has 4 rings (SSSR count). The van der Waals surface area contributed by atoms with Crippen molar-refractivity contribution < 1.29 is 14.3 Å². The quantitative estimate of drug-likeness (QED) is 0.610. The van der Waals surface area contributed by atoms with Crippen LogP contribution in [0.25, 0.3) is 11.2 Å². The number of nitrogens with one attached hydrogen (secondary N) is 1. The van der Waals surface area contributed by atoms with Crippen molar-refractivity contribution in [1.82, 2.24) is 24.8 Å². The van der Waals surface area contributed by atoms with E-state index in [-0.39, 0.29) is 29.0 Å². The van der Waals surface area contributed by atoms with E-state index >= 15 is 0 Å². The molecule has 2 aromatic heterocycles. The van der Waals surface area contributed by atoms with Gasteiger partial charge in [-0.05, 0) is 37.3 Å². The van der Waals surface area contributed by atoms with Crippen molar-refractivity contribution in [1.29, 1.82) is 0 Å². The van der Waals surface area contributed by atoms with E-state index in [1.807, 2.05) is 4.90 Å². The van der Waals surface area contributed by atoms with Gasteiger partial charge in [-0.15, -0.1) is 0 Å². The molecule has 4 heterocycles. The fourth-order valence-electron chi connectivity index (χ4n) is 4.12. The topological polar surface area (TPSA) is 104 Å². The number of carbonyl (C=O) groups is 2. The Kier molecular flexibility index (Phi) is 5.34. The van der Waals surface area contributed by atoms with Crippen molar-refractivity contribution in [2.75, 3.05) is 38.2 Å². The Hall–Kier alpha value is -2.42. The van der Waals surface area contributed by atoms with E-state index < -0.39 is 0 Å². The predicted octanol–water partition coefficient (Wildman–Crippen LogP) is 1.63. The van der Waals surface area contributed by atoms with Crippen LogP contribution in [0.1, 0.15) is 25.7 Å². The summed E-state index contributed by atoms with van der Waals surface area (Å²) >= 11 is 6.03. The van der Waals surface area contributed by atoms with Crippen LogP contribution in [0.5, 0.6) is 0 Å². The highest BCUT2D eigenvalue weighted by molar-refractivity contribution is 6.28. The van der Waals surface area contributed by atoms with Gasteiger partial charge in [0.1, 0.15) is 5.52 Å². The minimum atomic E-state index is -0.172. The molecule has 2 aliphatic rings. The number of methoxy groups -OCH3 is 1. The van der Waals surface area contributed by atoms with Crippen molar-refractivity contribution in [3.63, 3.8) is 0 Å². The highest BCUT2D eigenvalue weighted by atomic mass is 35.5. The molecule has 2 aromatic rings. The number of fused-ring (bicyclic) bond motifs is 1. The van der Waals surface area contributed by atoms with Crippen LogP contribution < -0.4 is 4.90 Å². The monoisotopic (exact) mass is 406 g/mol. The van der Waals surface area contributed by atoms with Crippen molar-refractivity contribution >= 4 is 40.5 Å². The number of esters is 1. The molecule has 2 aliphatic heterocycles. The van der Waals surface area contributed by atoms with Crippen LogP contribution in [-0.2, 0) is 14.3 Å². The second-order valence-corrected chi connectivity index (χ2v) is 7.64. The van der Waals surface area contributed by atoms with Crippen LogP contribution in [0.4, 0.5) is 5.82 Å². The number of ether oxygens (including phenoxy) is 1. The maximum absolute atomic E-state index is 12.9. The van der Waals surface area contributed by atoms with Crippen molar-refractivity contribution in [3.05, 3.63) is 11.6 Å². The van der Waals surface area contributed by atoms with E-state index in [9.17, 15) is 9.59 Å². The Morgan fingerprint density at radius 2 is 1.79 bits per heavy atom. The molecule has 0 radical (unpaired) electrons. The fourth-order valence-corrected chi connectivity index (χ4v) is 4.28. The Labute approximate surface area is 167 Å². The molecule has 0 bridgehead atoms. The van der Waals surface area contributed by atoms with E-state index in [1.54, 1.807) is 6.33 Å². The molecule has 1 amide bonds. The van der Waals surface area contributed by atoms with Crippen LogP contribution in [0.3, 0.4) is 0 Å².